The van der Waals surface area contributed by atoms with Crippen LogP contribution < -0.4 is 4.74 Å². The van der Waals surface area contributed by atoms with Crippen LogP contribution in [0.1, 0.15) is 11.1 Å². The number of nitriles is 1. The molecule has 0 saturated carbocycles. The Morgan fingerprint density at radius 3 is 2.65 bits per heavy atom. The minimum absolute atomic E-state index is 0.156. The third kappa shape index (κ3) is 3.09. The molecule has 20 heavy (non-hydrogen) atoms. The molecule has 2 aromatic carbocycles. The Morgan fingerprint density at radius 1 is 1.25 bits per heavy atom. The van der Waals surface area contributed by atoms with Crippen molar-refractivity contribution in [3.8, 4) is 11.8 Å². The Balaban J connectivity index is 2.22. The molecule has 0 N–H and O–H groups in total. The highest BCUT2D eigenvalue weighted by atomic mass is 79.9. The molecular formula is C14H7BrClF2NO. The van der Waals surface area contributed by atoms with Crippen molar-refractivity contribution in [3.63, 3.8) is 0 Å². The van der Waals surface area contributed by atoms with Crippen LogP contribution in [0.15, 0.2) is 34.8 Å². The average molecular weight is 359 g/mol. The molecule has 0 saturated heterocycles. The second kappa shape index (κ2) is 6.21. The van der Waals surface area contributed by atoms with E-state index in [1.807, 2.05) is 6.07 Å². The van der Waals surface area contributed by atoms with E-state index in [1.54, 1.807) is 0 Å². The molecule has 0 unspecified atom stereocenters. The summed E-state index contributed by atoms with van der Waals surface area (Å²) in [6.07, 6.45) is 0. The summed E-state index contributed by atoms with van der Waals surface area (Å²) in [5.41, 5.74) is 0.182. The Hall–Kier alpha value is -1.64. The standard InChI is InChI=1S/C14H7BrClF2NO/c15-10-2-3-12(17)9(14(10)18)7-20-13-4-1-8(6-19)5-11(13)16/h1-5H,7H2. The van der Waals surface area contributed by atoms with Gasteiger partial charge in [0.25, 0.3) is 0 Å². The molecule has 0 aliphatic rings. The van der Waals surface area contributed by atoms with Gasteiger partial charge in [0.2, 0.25) is 0 Å². The number of hydrogen-bond donors (Lipinski definition) is 0. The summed E-state index contributed by atoms with van der Waals surface area (Å²) in [6, 6.07) is 8.76. The van der Waals surface area contributed by atoms with Gasteiger partial charge in [0, 0.05) is 0 Å². The number of hydrogen-bond acceptors (Lipinski definition) is 2. The summed E-state index contributed by atoms with van der Waals surface area (Å²) in [6.45, 7) is -0.303. The SMILES string of the molecule is N#Cc1ccc(OCc2c(F)ccc(Br)c2F)c(Cl)c1. The van der Waals surface area contributed by atoms with Gasteiger partial charge in [-0.15, -0.1) is 0 Å². The highest BCUT2D eigenvalue weighted by Gasteiger charge is 2.13. The first kappa shape index (κ1) is 14.8. The zero-order valence-corrected chi connectivity index (χ0v) is 12.3. The van der Waals surface area contributed by atoms with Crippen LogP contribution in [0.4, 0.5) is 8.78 Å². The smallest absolute Gasteiger partial charge is 0.146 e. The van der Waals surface area contributed by atoms with Crippen molar-refractivity contribution in [3.05, 3.63) is 62.6 Å². The fourth-order valence-corrected chi connectivity index (χ4v) is 2.15. The van der Waals surface area contributed by atoms with Gasteiger partial charge in [-0.2, -0.15) is 5.26 Å². The van der Waals surface area contributed by atoms with E-state index in [2.05, 4.69) is 15.9 Å². The molecule has 0 radical (unpaired) electrons. The summed E-state index contributed by atoms with van der Waals surface area (Å²) in [7, 11) is 0. The summed E-state index contributed by atoms with van der Waals surface area (Å²) in [4.78, 5) is 0. The van der Waals surface area contributed by atoms with Crippen molar-refractivity contribution in [2.24, 2.45) is 0 Å². The maximum absolute atomic E-state index is 13.7. The van der Waals surface area contributed by atoms with E-state index >= 15 is 0 Å². The summed E-state index contributed by atoms with van der Waals surface area (Å²) < 4.78 is 32.7. The lowest BCUT2D eigenvalue weighted by Crippen LogP contribution is -2.03. The minimum Gasteiger partial charge on any atom is -0.487 e. The van der Waals surface area contributed by atoms with E-state index < -0.39 is 11.6 Å². The van der Waals surface area contributed by atoms with Crippen molar-refractivity contribution in [2.45, 2.75) is 6.61 Å². The van der Waals surface area contributed by atoms with E-state index in [0.29, 0.717) is 5.56 Å². The molecule has 0 aromatic heterocycles. The van der Waals surface area contributed by atoms with Gasteiger partial charge in [-0.25, -0.2) is 8.78 Å². The third-order valence-electron chi connectivity index (χ3n) is 2.57. The largest absolute Gasteiger partial charge is 0.487 e. The molecule has 0 bridgehead atoms. The second-order valence-corrected chi connectivity index (χ2v) is 5.13. The molecule has 6 heteroatoms. The quantitative estimate of drug-likeness (QED) is 0.736. The molecule has 0 spiro atoms. The van der Waals surface area contributed by atoms with Crippen LogP contribution in [0.3, 0.4) is 0 Å². The van der Waals surface area contributed by atoms with Gasteiger partial charge in [-0.1, -0.05) is 11.6 Å². The molecule has 0 amide bonds. The van der Waals surface area contributed by atoms with Gasteiger partial charge in [-0.3, -0.25) is 0 Å². The summed E-state index contributed by atoms with van der Waals surface area (Å²) >= 11 is 8.89. The molecule has 2 nitrogen and oxygen atoms in total. The minimum atomic E-state index is -0.713. The molecule has 0 atom stereocenters. The fraction of sp³-hybridized carbons (Fsp3) is 0.0714. The number of ether oxygens (including phenoxy) is 1. The lowest BCUT2D eigenvalue weighted by Gasteiger charge is -2.10. The lowest BCUT2D eigenvalue weighted by molar-refractivity contribution is 0.292. The third-order valence-corrected chi connectivity index (χ3v) is 3.48. The number of nitrogens with zero attached hydrogens (tertiary/aromatic N) is 1. The highest BCUT2D eigenvalue weighted by Crippen LogP contribution is 2.28. The molecule has 102 valence electrons. The van der Waals surface area contributed by atoms with Crippen molar-refractivity contribution >= 4 is 27.5 Å². The van der Waals surface area contributed by atoms with Crippen molar-refractivity contribution in [1.82, 2.24) is 0 Å². The first-order valence-electron chi connectivity index (χ1n) is 5.47. The van der Waals surface area contributed by atoms with Gasteiger partial charge in [-0.05, 0) is 46.3 Å². The summed E-state index contributed by atoms with van der Waals surface area (Å²) in [5.74, 6) is -1.16. The van der Waals surface area contributed by atoms with Crippen LogP contribution in [0, 0.1) is 23.0 Å². The van der Waals surface area contributed by atoms with Gasteiger partial charge < -0.3 is 4.74 Å². The molecular weight excluding hydrogens is 352 g/mol. The second-order valence-electron chi connectivity index (χ2n) is 3.87. The van der Waals surface area contributed by atoms with E-state index in [1.165, 1.54) is 24.3 Å². The Morgan fingerprint density at radius 2 is 2.00 bits per heavy atom. The number of halogens is 4. The maximum atomic E-state index is 13.7. The van der Waals surface area contributed by atoms with Crippen LogP contribution in [0.2, 0.25) is 5.02 Å². The van der Waals surface area contributed by atoms with Crippen molar-refractivity contribution < 1.29 is 13.5 Å². The van der Waals surface area contributed by atoms with Crippen molar-refractivity contribution in [2.75, 3.05) is 0 Å². The first-order valence-corrected chi connectivity index (χ1v) is 6.65. The Labute approximate surface area is 127 Å². The first-order chi connectivity index (χ1) is 9.52. The molecule has 0 fully saturated rings. The van der Waals surface area contributed by atoms with Crippen LogP contribution in [0.25, 0.3) is 0 Å². The van der Waals surface area contributed by atoms with Crippen LogP contribution in [0.5, 0.6) is 5.75 Å². The van der Waals surface area contributed by atoms with Gasteiger partial charge in [0.15, 0.2) is 0 Å². The molecule has 0 aliphatic carbocycles. The van der Waals surface area contributed by atoms with Crippen LogP contribution >= 0.6 is 27.5 Å². The van der Waals surface area contributed by atoms with Gasteiger partial charge >= 0.3 is 0 Å². The zero-order chi connectivity index (χ0) is 14.7. The fourth-order valence-electron chi connectivity index (χ4n) is 1.54. The van der Waals surface area contributed by atoms with E-state index in [9.17, 15) is 8.78 Å². The topological polar surface area (TPSA) is 33.0 Å². The molecule has 2 rings (SSSR count). The van der Waals surface area contributed by atoms with Gasteiger partial charge in [0.05, 0.1) is 26.7 Å². The summed E-state index contributed by atoms with van der Waals surface area (Å²) in [5, 5.41) is 8.92. The average Bonchev–Trinajstić information content (AvgIpc) is 2.44. The van der Waals surface area contributed by atoms with E-state index in [4.69, 9.17) is 21.6 Å². The van der Waals surface area contributed by atoms with Gasteiger partial charge in [0.1, 0.15) is 24.0 Å². The Kier molecular flexibility index (Phi) is 4.58. The predicted molar refractivity (Wildman–Crippen MR) is 74.6 cm³/mol. The normalized spacial score (nSPS) is 10.2. The molecule has 0 heterocycles. The van der Waals surface area contributed by atoms with E-state index in [0.717, 1.165) is 6.07 Å². The maximum Gasteiger partial charge on any atom is 0.146 e. The number of benzene rings is 2. The monoisotopic (exact) mass is 357 g/mol. The van der Waals surface area contributed by atoms with Crippen LogP contribution in [-0.4, -0.2) is 0 Å². The van der Waals surface area contributed by atoms with Crippen molar-refractivity contribution in [1.29, 1.82) is 5.26 Å². The Bertz CT molecular complexity index is 700. The lowest BCUT2D eigenvalue weighted by atomic mass is 10.2. The molecule has 0 aliphatic heterocycles. The molecule has 2 aromatic rings. The predicted octanol–water partition coefficient (Wildman–Crippen LogP) is 4.83. The number of rotatable bonds is 3. The zero-order valence-electron chi connectivity index (χ0n) is 9.96. The highest BCUT2D eigenvalue weighted by molar-refractivity contribution is 9.10. The van der Waals surface area contributed by atoms with Crippen LogP contribution in [-0.2, 0) is 6.61 Å². The van der Waals surface area contributed by atoms with E-state index in [-0.39, 0.29) is 27.4 Å².